The van der Waals surface area contributed by atoms with E-state index in [9.17, 15) is 9.50 Å². The van der Waals surface area contributed by atoms with Crippen LogP contribution in [0.25, 0.3) is 0 Å². The van der Waals surface area contributed by atoms with Crippen LogP contribution in [-0.2, 0) is 0 Å². The van der Waals surface area contributed by atoms with Crippen molar-refractivity contribution >= 4 is 24.8 Å². The van der Waals surface area contributed by atoms with Gasteiger partial charge < -0.3 is 10.4 Å². The molecular weight excluding hydrogens is 302 g/mol. The van der Waals surface area contributed by atoms with Gasteiger partial charge in [-0.05, 0) is 18.6 Å². The van der Waals surface area contributed by atoms with Crippen LogP contribution in [0.15, 0.2) is 24.8 Å². The number of aromatic hydroxyl groups is 1. The summed E-state index contributed by atoms with van der Waals surface area (Å²) in [5, 5.41) is 13.2. The van der Waals surface area contributed by atoms with Crippen molar-refractivity contribution in [3.63, 3.8) is 0 Å². The average molecular weight is 323 g/mol. The quantitative estimate of drug-likeness (QED) is 0.840. The second-order valence-electron chi connectivity index (χ2n) is 4.59. The monoisotopic (exact) mass is 322 g/mol. The molecule has 2 rings (SSSR count). The first-order valence-corrected chi connectivity index (χ1v) is 6.20. The number of nitrogens with zero attached hydrogens (tertiary/aromatic N) is 1. The van der Waals surface area contributed by atoms with Crippen molar-refractivity contribution in [3.8, 4) is 5.75 Å². The number of halogens is 3. The van der Waals surface area contributed by atoms with E-state index in [2.05, 4.69) is 16.8 Å². The third-order valence-corrected chi connectivity index (χ3v) is 3.45. The molecule has 2 N–H and O–H groups in total. The van der Waals surface area contributed by atoms with Crippen molar-refractivity contribution in [1.29, 1.82) is 0 Å². The van der Waals surface area contributed by atoms with Gasteiger partial charge in [0.1, 0.15) is 0 Å². The van der Waals surface area contributed by atoms with Crippen LogP contribution >= 0.6 is 24.8 Å². The fourth-order valence-electron chi connectivity index (χ4n) is 2.47. The lowest BCUT2D eigenvalue weighted by Crippen LogP contribution is -2.44. The van der Waals surface area contributed by atoms with Gasteiger partial charge in [-0.2, -0.15) is 0 Å². The molecule has 0 radical (unpaired) electrons. The van der Waals surface area contributed by atoms with Crippen LogP contribution in [0.1, 0.15) is 17.2 Å². The van der Waals surface area contributed by atoms with E-state index in [1.54, 1.807) is 12.1 Å². The van der Waals surface area contributed by atoms with Crippen LogP contribution in [0.4, 0.5) is 4.39 Å². The molecule has 114 valence electrons. The van der Waals surface area contributed by atoms with E-state index in [0.717, 1.165) is 31.7 Å². The molecule has 1 atom stereocenters. The Kier molecular flexibility index (Phi) is 8.13. The van der Waals surface area contributed by atoms with Crippen molar-refractivity contribution in [2.75, 3.05) is 26.2 Å². The zero-order valence-corrected chi connectivity index (χ0v) is 13.1. The van der Waals surface area contributed by atoms with Crippen molar-refractivity contribution in [2.45, 2.75) is 13.0 Å². The predicted molar refractivity (Wildman–Crippen MR) is 84.7 cm³/mol. The molecule has 0 spiro atoms. The second-order valence-corrected chi connectivity index (χ2v) is 4.59. The van der Waals surface area contributed by atoms with Gasteiger partial charge in [0.05, 0.1) is 6.04 Å². The molecule has 1 fully saturated rings. The van der Waals surface area contributed by atoms with Gasteiger partial charge in [0.2, 0.25) is 0 Å². The van der Waals surface area contributed by atoms with Gasteiger partial charge in [-0.25, -0.2) is 4.39 Å². The molecule has 0 saturated carbocycles. The molecule has 0 aliphatic carbocycles. The molecule has 20 heavy (non-hydrogen) atoms. The van der Waals surface area contributed by atoms with E-state index in [1.807, 2.05) is 6.92 Å². The smallest absolute Gasteiger partial charge is 0.165 e. The normalized spacial score (nSPS) is 16.7. The molecule has 6 heteroatoms. The van der Waals surface area contributed by atoms with Gasteiger partial charge in [0, 0.05) is 31.7 Å². The van der Waals surface area contributed by atoms with Crippen LogP contribution < -0.4 is 5.32 Å². The number of nitrogens with one attached hydrogen (secondary N) is 1. The molecule has 3 nitrogen and oxygen atoms in total. The zero-order chi connectivity index (χ0) is 13.1. The standard InChI is InChI=1S/C14H19FN2O.2ClH/c1-3-12(17-8-6-16-7-9-17)13-10(2)4-5-11(15)14(13)18;;/h3-5,12,16,18H,1,6-9H2,2H3;2*1H/t12-;;/m1../s1. The van der Waals surface area contributed by atoms with Gasteiger partial charge in [-0.15, -0.1) is 31.4 Å². The van der Waals surface area contributed by atoms with E-state index in [1.165, 1.54) is 6.07 Å². The zero-order valence-electron chi connectivity index (χ0n) is 11.4. The van der Waals surface area contributed by atoms with Gasteiger partial charge in [0.15, 0.2) is 11.6 Å². The second kappa shape index (κ2) is 8.47. The first kappa shape index (κ1) is 19.2. The van der Waals surface area contributed by atoms with E-state index in [4.69, 9.17) is 0 Å². The molecule has 0 unspecified atom stereocenters. The summed E-state index contributed by atoms with van der Waals surface area (Å²) in [6.45, 7) is 9.25. The molecule has 0 bridgehead atoms. The Morgan fingerprint density at radius 1 is 1.35 bits per heavy atom. The average Bonchev–Trinajstić information content (AvgIpc) is 2.40. The Labute approximate surface area is 131 Å². The Hall–Kier alpha value is -0.810. The Balaban J connectivity index is 0.00000180. The highest BCUT2D eigenvalue weighted by molar-refractivity contribution is 5.85. The molecule has 1 saturated heterocycles. The summed E-state index contributed by atoms with van der Waals surface area (Å²) in [4.78, 5) is 2.20. The van der Waals surface area contributed by atoms with Crippen molar-refractivity contribution in [3.05, 3.63) is 41.7 Å². The maximum absolute atomic E-state index is 13.5. The lowest BCUT2D eigenvalue weighted by atomic mass is 9.98. The summed E-state index contributed by atoms with van der Waals surface area (Å²) in [5.41, 5.74) is 1.52. The summed E-state index contributed by atoms with van der Waals surface area (Å²) < 4.78 is 13.5. The molecule has 0 aromatic heterocycles. The summed E-state index contributed by atoms with van der Waals surface area (Å²) in [7, 11) is 0. The van der Waals surface area contributed by atoms with E-state index in [0.29, 0.717) is 5.56 Å². The number of aryl methyl sites for hydroxylation is 1. The number of hydrogen-bond acceptors (Lipinski definition) is 3. The molecular formula is C14H21Cl2FN2O. The van der Waals surface area contributed by atoms with Crippen LogP contribution in [-0.4, -0.2) is 36.2 Å². The molecule has 0 amide bonds. The molecule has 1 aliphatic heterocycles. The van der Waals surface area contributed by atoms with Gasteiger partial charge in [-0.3, -0.25) is 4.90 Å². The molecule has 1 aromatic carbocycles. The minimum Gasteiger partial charge on any atom is -0.505 e. The number of phenols is 1. The maximum atomic E-state index is 13.5. The first-order chi connectivity index (χ1) is 8.65. The predicted octanol–water partition coefficient (Wildman–Crippen LogP) is 2.82. The van der Waals surface area contributed by atoms with Crippen LogP contribution in [0.5, 0.6) is 5.75 Å². The number of phenolic OH excluding ortho intramolecular Hbond substituents is 1. The van der Waals surface area contributed by atoms with Crippen LogP contribution in [0.3, 0.4) is 0 Å². The molecule has 1 aromatic rings. The third kappa shape index (κ3) is 3.85. The van der Waals surface area contributed by atoms with Gasteiger partial charge in [-0.1, -0.05) is 12.1 Å². The summed E-state index contributed by atoms with van der Waals surface area (Å²) in [6.07, 6.45) is 1.77. The summed E-state index contributed by atoms with van der Waals surface area (Å²) >= 11 is 0. The highest BCUT2D eigenvalue weighted by Gasteiger charge is 2.24. The lowest BCUT2D eigenvalue weighted by molar-refractivity contribution is 0.199. The largest absolute Gasteiger partial charge is 0.505 e. The van der Waals surface area contributed by atoms with E-state index >= 15 is 0 Å². The number of piperazine rings is 1. The van der Waals surface area contributed by atoms with Crippen molar-refractivity contribution in [2.24, 2.45) is 0 Å². The fraction of sp³-hybridized carbons (Fsp3) is 0.429. The first-order valence-electron chi connectivity index (χ1n) is 6.20. The maximum Gasteiger partial charge on any atom is 0.165 e. The third-order valence-electron chi connectivity index (χ3n) is 3.45. The van der Waals surface area contributed by atoms with Gasteiger partial charge >= 0.3 is 0 Å². The Bertz CT molecular complexity index is 451. The summed E-state index contributed by atoms with van der Waals surface area (Å²) in [6, 6.07) is 2.86. The van der Waals surface area contributed by atoms with E-state index < -0.39 is 5.82 Å². The minimum absolute atomic E-state index is 0. The van der Waals surface area contributed by atoms with Crippen LogP contribution in [0, 0.1) is 12.7 Å². The SMILES string of the molecule is C=C[C@H](c1c(C)ccc(F)c1O)N1CCNCC1.Cl.Cl. The topological polar surface area (TPSA) is 35.5 Å². The fourth-order valence-corrected chi connectivity index (χ4v) is 2.47. The molecule has 1 heterocycles. The number of benzene rings is 1. The Morgan fingerprint density at radius 2 is 1.95 bits per heavy atom. The number of hydrogen-bond donors (Lipinski definition) is 2. The Morgan fingerprint density at radius 3 is 2.50 bits per heavy atom. The van der Waals surface area contributed by atoms with Crippen molar-refractivity contribution in [1.82, 2.24) is 10.2 Å². The number of rotatable bonds is 3. The van der Waals surface area contributed by atoms with Gasteiger partial charge in [0.25, 0.3) is 0 Å². The molecule has 1 aliphatic rings. The van der Waals surface area contributed by atoms with E-state index in [-0.39, 0.29) is 36.6 Å². The minimum atomic E-state index is -0.572. The summed E-state index contributed by atoms with van der Waals surface area (Å²) in [5.74, 6) is -0.823. The highest BCUT2D eigenvalue weighted by Crippen LogP contribution is 2.34. The van der Waals surface area contributed by atoms with Crippen molar-refractivity contribution < 1.29 is 9.50 Å². The lowest BCUT2D eigenvalue weighted by Gasteiger charge is -2.34. The highest BCUT2D eigenvalue weighted by atomic mass is 35.5. The van der Waals surface area contributed by atoms with Crippen LogP contribution in [0.2, 0.25) is 0 Å².